The molecule has 0 bridgehead atoms. The number of ether oxygens (including phenoxy) is 2. The van der Waals surface area contributed by atoms with Crippen LogP contribution in [0.1, 0.15) is 44.9 Å². The highest BCUT2D eigenvalue weighted by atomic mass is 16.7. The van der Waals surface area contributed by atoms with Crippen molar-refractivity contribution in [2.75, 3.05) is 26.3 Å². The molecule has 2 heterocycles. The zero-order valence-electron chi connectivity index (χ0n) is 11.3. The van der Waals surface area contributed by atoms with E-state index in [1.807, 2.05) is 0 Å². The number of allylic oxidation sites excluding steroid dienone is 1. The van der Waals surface area contributed by atoms with E-state index in [4.69, 9.17) is 9.47 Å². The van der Waals surface area contributed by atoms with Gasteiger partial charge in [0.15, 0.2) is 5.79 Å². The second-order valence-electron chi connectivity index (χ2n) is 5.78. The Morgan fingerprint density at radius 1 is 1.00 bits per heavy atom. The zero-order chi connectivity index (χ0) is 12.3. The molecule has 102 valence electrons. The standard InChI is InChI=1S/C15H25NO2/c1-2-4-6-14(7-5-3-1)16-10-8-15(9-11-16)17-12-13-18-15/h4,6,14H,1-3,5,7-13H2/b6-4+. The topological polar surface area (TPSA) is 21.7 Å². The maximum absolute atomic E-state index is 5.79. The van der Waals surface area contributed by atoms with Crippen LogP contribution in [0.2, 0.25) is 0 Å². The summed E-state index contributed by atoms with van der Waals surface area (Å²) in [6.07, 6.45) is 13.6. The van der Waals surface area contributed by atoms with Gasteiger partial charge in [-0.15, -0.1) is 0 Å². The van der Waals surface area contributed by atoms with Crippen LogP contribution < -0.4 is 0 Å². The summed E-state index contributed by atoms with van der Waals surface area (Å²) in [6.45, 7) is 3.80. The summed E-state index contributed by atoms with van der Waals surface area (Å²) in [4.78, 5) is 2.62. The molecule has 0 amide bonds. The fourth-order valence-corrected chi connectivity index (χ4v) is 3.43. The molecule has 3 nitrogen and oxygen atoms in total. The molecule has 1 aliphatic carbocycles. The van der Waals surface area contributed by atoms with E-state index in [9.17, 15) is 0 Å². The smallest absolute Gasteiger partial charge is 0.170 e. The molecule has 0 aromatic heterocycles. The highest BCUT2D eigenvalue weighted by Crippen LogP contribution is 2.32. The van der Waals surface area contributed by atoms with E-state index in [2.05, 4.69) is 17.1 Å². The highest BCUT2D eigenvalue weighted by Gasteiger charge is 2.40. The van der Waals surface area contributed by atoms with Crippen LogP contribution in [-0.2, 0) is 9.47 Å². The zero-order valence-corrected chi connectivity index (χ0v) is 11.3. The van der Waals surface area contributed by atoms with Crippen LogP contribution in [-0.4, -0.2) is 43.0 Å². The molecule has 0 radical (unpaired) electrons. The first-order chi connectivity index (χ1) is 8.88. The molecule has 1 unspecified atom stereocenters. The minimum absolute atomic E-state index is 0.220. The normalized spacial score (nSPS) is 35.2. The van der Waals surface area contributed by atoms with Gasteiger partial charge in [0.25, 0.3) is 0 Å². The Morgan fingerprint density at radius 3 is 2.56 bits per heavy atom. The van der Waals surface area contributed by atoms with Crippen molar-refractivity contribution in [2.24, 2.45) is 0 Å². The van der Waals surface area contributed by atoms with Gasteiger partial charge < -0.3 is 9.47 Å². The highest BCUT2D eigenvalue weighted by molar-refractivity contribution is 4.98. The molecule has 18 heavy (non-hydrogen) atoms. The van der Waals surface area contributed by atoms with Crippen LogP contribution in [0.5, 0.6) is 0 Å². The number of nitrogens with zero attached hydrogens (tertiary/aromatic N) is 1. The molecule has 1 spiro atoms. The summed E-state index contributed by atoms with van der Waals surface area (Å²) in [5.41, 5.74) is 0. The lowest BCUT2D eigenvalue weighted by atomic mass is 9.97. The minimum atomic E-state index is -0.220. The summed E-state index contributed by atoms with van der Waals surface area (Å²) < 4.78 is 11.6. The molecular weight excluding hydrogens is 226 g/mol. The summed E-state index contributed by atoms with van der Waals surface area (Å²) in [5, 5.41) is 0. The van der Waals surface area contributed by atoms with Crippen molar-refractivity contribution >= 4 is 0 Å². The lowest BCUT2D eigenvalue weighted by Gasteiger charge is -2.40. The molecule has 0 aromatic rings. The fraction of sp³-hybridized carbons (Fsp3) is 0.867. The third-order valence-electron chi connectivity index (χ3n) is 4.57. The molecule has 0 N–H and O–H groups in total. The Kier molecular flexibility index (Phi) is 4.02. The van der Waals surface area contributed by atoms with Crippen molar-refractivity contribution in [3.63, 3.8) is 0 Å². The molecule has 1 atom stereocenters. The lowest BCUT2D eigenvalue weighted by Crippen LogP contribution is -2.48. The molecular formula is C15H25NO2. The lowest BCUT2D eigenvalue weighted by molar-refractivity contribution is -0.187. The minimum Gasteiger partial charge on any atom is -0.347 e. The van der Waals surface area contributed by atoms with E-state index in [-0.39, 0.29) is 5.79 Å². The Balaban J connectivity index is 1.56. The van der Waals surface area contributed by atoms with Crippen molar-refractivity contribution in [2.45, 2.75) is 56.8 Å². The predicted molar refractivity (Wildman–Crippen MR) is 71.5 cm³/mol. The van der Waals surface area contributed by atoms with E-state index in [1.54, 1.807) is 0 Å². The van der Waals surface area contributed by atoms with Gasteiger partial charge >= 0.3 is 0 Å². The fourth-order valence-electron chi connectivity index (χ4n) is 3.43. The molecule has 2 fully saturated rings. The first-order valence-corrected chi connectivity index (χ1v) is 7.57. The second kappa shape index (κ2) is 5.72. The van der Waals surface area contributed by atoms with Gasteiger partial charge in [0, 0.05) is 32.0 Å². The molecule has 0 saturated carbocycles. The third kappa shape index (κ3) is 2.79. The predicted octanol–water partition coefficient (Wildman–Crippen LogP) is 2.71. The van der Waals surface area contributed by atoms with Gasteiger partial charge in [-0.3, -0.25) is 4.90 Å². The van der Waals surface area contributed by atoms with Gasteiger partial charge in [-0.25, -0.2) is 0 Å². The monoisotopic (exact) mass is 251 g/mol. The van der Waals surface area contributed by atoms with Crippen LogP contribution in [0.15, 0.2) is 12.2 Å². The van der Waals surface area contributed by atoms with Gasteiger partial charge in [0.1, 0.15) is 0 Å². The van der Waals surface area contributed by atoms with Gasteiger partial charge in [0.2, 0.25) is 0 Å². The average Bonchev–Trinajstić information content (AvgIpc) is 2.79. The summed E-state index contributed by atoms with van der Waals surface area (Å²) in [6, 6.07) is 0.657. The summed E-state index contributed by atoms with van der Waals surface area (Å²) in [7, 11) is 0. The Labute approximate surface area is 110 Å². The van der Waals surface area contributed by atoms with E-state index in [0.29, 0.717) is 6.04 Å². The van der Waals surface area contributed by atoms with Gasteiger partial charge in [-0.2, -0.15) is 0 Å². The van der Waals surface area contributed by atoms with Crippen molar-refractivity contribution in [3.05, 3.63) is 12.2 Å². The Bertz CT molecular complexity index is 287. The van der Waals surface area contributed by atoms with E-state index >= 15 is 0 Å². The maximum atomic E-state index is 5.79. The van der Waals surface area contributed by atoms with Gasteiger partial charge in [-0.1, -0.05) is 25.0 Å². The molecule has 2 saturated heterocycles. The quantitative estimate of drug-likeness (QED) is 0.669. The van der Waals surface area contributed by atoms with Crippen LogP contribution in [0.4, 0.5) is 0 Å². The number of hydrogen-bond acceptors (Lipinski definition) is 3. The number of piperidine rings is 1. The molecule has 3 heteroatoms. The van der Waals surface area contributed by atoms with Crippen LogP contribution in [0.25, 0.3) is 0 Å². The van der Waals surface area contributed by atoms with E-state index in [0.717, 1.165) is 39.1 Å². The first-order valence-electron chi connectivity index (χ1n) is 7.57. The number of likely N-dealkylation sites (tertiary alicyclic amines) is 1. The van der Waals surface area contributed by atoms with Crippen molar-refractivity contribution in [1.82, 2.24) is 4.90 Å². The van der Waals surface area contributed by atoms with Crippen LogP contribution in [0.3, 0.4) is 0 Å². The van der Waals surface area contributed by atoms with Gasteiger partial charge in [-0.05, 0) is 19.3 Å². The third-order valence-corrected chi connectivity index (χ3v) is 4.57. The molecule has 3 aliphatic rings. The van der Waals surface area contributed by atoms with Crippen LogP contribution >= 0.6 is 0 Å². The molecule has 3 rings (SSSR count). The summed E-state index contributed by atoms with van der Waals surface area (Å²) >= 11 is 0. The molecule has 0 aromatic carbocycles. The van der Waals surface area contributed by atoms with E-state index < -0.39 is 0 Å². The Morgan fingerprint density at radius 2 is 1.78 bits per heavy atom. The maximum Gasteiger partial charge on any atom is 0.170 e. The second-order valence-corrected chi connectivity index (χ2v) is 5.78. The van der Waals surface area contributed by atoms with Crippen LogP contribution in [0, 0.1) is 0 Å². The number of hydrogen-bond donors (Lipinski definition) is 0. The van der Waals surface area contributed by atoms with Gasteiger partial charge in [0.05, 0.1) is 13.2 Å². The first kappa shape index (κ1) is 12.6. The average molecular weight is 251 g/mol. The van der Waals surface area contributed by atoms with Crippen molar-refractivity contribution in [1.29, 1.82) is 0 Å². The molecule has 2 aliphatic heterocycles. The summed E-state index contributed by atoms with van der Waals surface area (Å²) in [5.74, 6) is -0.220. The number of rotatable bonds is 1. The SMILES string of the molecule is C1=C/C(N2CCC3(CC2)OCCO3)CCCCC/1. The largest absolute Gasteiger partial charge is 0.347 e. The van der Waals surface area contributed by atoms with Crippen molar-refractivity contribution in [3.8, 4) is 0 Å². The van der Waals surface area contributed by atoms with E-state index in [1.165, 1.54) is 32.1 Å². The Hall–Kier alpha value is -0.380. The van der Waals surface area contributed by atoms with Crippen molar-refractivity contribution < 1.29 is 9.47 Å².